The molecular weight excluding hydrogens is 204 g/mol. The predicted octanol–water partition coefficient (Wildman–Crippen LogP) is 2.86. The predicted molar refractivity (Wildman–Crippen MR) is 62.2 cm³/mol. The Hall–Kier alpha value is -1.22. The average molecular weight is 222 g/mol. The largest absolute Gasteiger partial charge is 0.496 e. The Balaban J connectivity index is 2.44. The van der Waals surface area contributed by atoms with Crippen LogP contribution in [0, 0.1) is 6.92 Å². The summed E-state index contributed by atoms with van der Waals surface area (Å²) >= 11 is 0. The van der Waals surface area contributed by atoms with Gasteiger partial charge in [-0.15, -0.1) is 0 Å². The SMILES string of the molecule is COc1ccc(C2OC2(C)C)c(OC)c1C. The third kappa shape index (κ3) is 1.65. The van der Waals surface area contributed by atoms with E-state index < -0.39 is 0 Å². The van der Waals surface area contributed by atoms with E-state index in [4.69, 9.17) is 14.2 Å². The minimum atomic E-state index is -0.0751. The van der Waals surface area contributed by atoms with E-state index in [1.54, 1.807) is 14.2 Å². The zero-order valence-electron chi connectivity index (χ0n) is 10.5. The van der Waals surface area contributed by atoms with Gasteiger partial charge in [0.2, 0.25) is 0 Å². The van der Waals surface area contributed by atoms with Gasteiger partial charge in [0.15, 0.2) is 0 Å². The van der Waals surface area contributed by atoms with Gasteiger partial charge in [0.25, 0.3) is 0 Å². The lowest BCUT2D eigenvalue weighted by Gasteiger charge is -2.13. The summed E-state index contributed by atoms with van der Waals surface area (Å²) in [4.78, 5) is 0. The first kappa shape index (κ1) is 11.3. The fraction of sp³-hybridized carbons (Fsp3) is 0.538. The van der Waals surface area contributed by atoms with E-state index in [2.05, 4.69) is 13.8 Å². The van der Waals surface area contributed by atoms with Crippen LogP contribution >= 0.6 is 0 Å². The van der Waals surface area contributed by atoms with Gasteiger partial charge >= 0.3 is 0 Å². The second kappa shape index (κ2) is 3.67. The third-order valence-corrected chi connectivity index (χ3v) is 3.09. The highest BCUT2D eigenvalue weighted by atomic mass is 16.6. The van der Waals surface area contributed by atoms with Gasteiger partial charge in [-0.25, -0.2) is 0 Å². The molecule has 3 nitrogen and oxygen atoms in total. The van der Waals surface area contributed by atoms with Crippen LogP contribution in [0.25, 0.3) is 0 Å². The van der Waals surface area contributed by atoms with Crippen LogP contribution in [0.4, 0.5) is 0 Å². The Kier molecular flexibility index (Phi) is 2.58. The summed E-state index contributed by atoms with van der Waals surface area (Å²) in [5, 5.41) is 0. The molecule has 0 aliphatic carbocycles. The summed E-state index contributed by atoms with van der Waals surface area (Å²) in [5.41, 5.74) is 2.05. The van der Waals surface area contributed by atoms with Crippen molar-refractivity contribution in [3.8, 4) is 11.5 Å². The average Bonchev–Trinajstić information content (AvgIpc) is 2.87. The van der Waals surface area contributed by atoms with E-state index in [-0.39, 0.29) is 11.7 Å². The number of epoxide rings is 1. The van der Waals surface area contributed by atoms with E-state index >= 15 is 0 Å². The molecule has 0 spiro atoms. The van der Waals surface area contributed by atoms with Gasteiger partial charge in [-0.1, -0.05) is 0 Å². The molecule has 0 aromatic heterocycles. The molecular formula is C13H18O3. The maximum atomic E-state index is 5.64. The third-order valence-electron chi connectivity index (χ3n) is 3.09. The van der Waals surface area contributed by atoms with E-state index in [1.165, 1.54) is 0 Å². The van der Waals surface area contributed by atoms with Crippen molar-refractivity contribution in [1.29, 1.82) is 0 Å². The fourth-order valence-electron chi connectivity index (χ4n) is 2.10. The molecule has 16 heavy (non-hydrogen) atoms. The molecule has 0 radical (unpaired) electrons. The summed E-state index contributed by atoms with van der Waals surface area (Å²) in [7, 11) is 3.35. The van der Waals surface area contributed by atoms with Gasteiger partial charge in [-0.05, 0) is 32.9 Å². The molecule has 0 saturated carbocycles. The normalized spacial score (nSPS) is 21.7. The highest BCUT2D eigenvalue weighted by Gasteiger charge is 2.50. The van der Waals surface area contributed by atoms with Crippen molar-refractivity contribution in [3.05, 3.63) is 23.3 Å². The zero-order chi connectivity index (χ0) is 11.9. The molecule has 1 unspecified atom stereocenters. The second-order valence-corrected chi connectivity index (χ2v) is 4.62. The molecule has 1 saturated heterocycles. The van der Waals surface area contributed by atoms with Crippen molar-refractivity contribution in [2.75, 3.05) is 14.2 Å². The number of hydrogen-bond acceptors (Lipinski definition) is 3. The Morgan fingerprint density at radius 2 is 1.81 bits per heavy atom. The topological polar surface area (TPSA) is 31.0 Å². The Bertz CT molecular complexity index is 410. The molecule has 1 heterocycles. The summed E-state index contributed by atoms with van der Waals surface area (Å²) in [6, 6.07) is 3.98. The number of benzene rings is 1. The molecule has 88 valence electrons. The molecule has 1 aliphatic heterocycles. The Morgan fingerprint density at radius 3 is 2.25 bits per heavy atom. The van der Waals surface area contributed by atoms with Crippen LogP contribution in [0.1, 0.15) is 31.1 Å². The second-order valence-electron chi connectivity index (χ2n) is 4.62. The molecule has 0 amide bonds. The quantitative estimate of drug-likeness (QED) is 0.737. The first-order chi connectivity index (χ1) is 7.51. The van der Waals surface area contributed by atoms with E-state index in [0.29, 0.717) is 0 Å². The molecule has 1 aromatic rings. The Morgan fingerprint density at radius 1 is 1.19 bits per heavy atom. The molecule has 3 heteroatoms. The van der Waals surface area contributed by atoms with Crippen LogP contribution in [-0.2, 0) is 4.74 Å². The van der Waals surface area contributed by atoms with Crippen molar-refractivity contribution >= 4 is 0 Å². The minimum Gasteiger partial charge on any atom is -0.496 e. The molecule has 0 bridgehead atoms. The van der Waals surface area contributed by atoms with Gasteiger partial charge in [-0.2, -0.15) is 0 Å². The zero-order valence-corrected chi connectivity index (χ0v) is 10.5. The first-order valence-corrected chi connectivity index (χ1v) is 5.40. The van der Waals surface area contributed by atoms with E-state index in [1.807, 2.05) is 19.1 Å². The van der Waals surface area contributed by atoms with Crippen molar-refractivity contribution < 1.29 is 14.2 Å². The molecule has 1 atom stereocenters. The smallest absolute Gasteiger partial charge is 0.131 e. The highest BCUT2D eigenvalue weighted by Crippen LogP contribution is 2.52. The molecule has 2 rings (SSSR count). The van der Waals surface area contributed by atoms with Gasteiger partial charge in [-0.3, -0.25) is 0 Å². The van der Waals surface area contributed by atoms with Gasteiger partial charge in [0, 0.05) is 11.1 Å². The monoisotopic (exact) mass is 222 g/mol. The lowest BCUT2D eigenvalue weighted by Crippen LogP contribution is -2.01. The summed E-state index contributed by atoms with van der Waals surface area (Å²) in [6.45, 7) is 6.16. The molecule has 1 aromatic carbocycles. The number of rotatable bonds is 3. The maximum absolute atomic E-state index is 5.64. The summed E-state index contributed by atoms with van der Waals surface area (Å²) < 4.78 is 16.4. The highest BCUT2D eigenvalue weighted by molar-refractivity contribution is 5.51. The van der Waals surface area contributed by atoms with Gasteiger partial charge in [0.05, 0.1) is 19.8 Å². The van der Waals surface area contributed by atoms with Crippen molar-refractivity contribution in [3.63, 3.8) is 0 Å². The summed E-state index contributed by atoms with van der Waals surface area (Å²) in [5.74, 6) is 1.72. The van der Waals surface area contributed by atoms with Crippen molar-refractivity contribution in [2.24, 2.45) is 0 Å². The lowest BCUT2D eigenvalue weighted by molar-refractivity contribution is 0.321. The van der Waals surface area contributed by atoms with Crippen LogP contribution in [0.15, 0.2) is 12.1 Å². The first-order valence-electron chi connectivity index (χ1n) is 5.40. The molecule has 0 N–H and O–H groups in total. The van der Waals surface area contributed by atoms with Crippen LogP contribution in [-0.4, -0.2) is 19.8 Å². The van der Waals surface area contributed by atoms with E-state index in [9.17, 15) is 0 Å². The van der Waals surface area contributed by atoms with Crippen molar-refractivity contribution in [2.45, 2.75) is 32.5 Å². The van der Waals surface area contributed by atoms with Crippen LogP contribution in [0.3, 0.4) is 0 Å². The van der Waals surface area contributed by atoms with Crippen LogP contribution in [0.5, 0.6) is 11.5 Å². The fourth-order valence-corrected chi connectivity index (χ4v) is 2.10. The Labute approximate surface area is 96.3 Å². The maximum Gasteiger partial charge on any atom is 0.131 e. The lowest BCUT2D eigenvalue weighted by atomic mass is 9.99. The number of methoxy groups -OCH3 is 2. The van der Waals surface area contributed by atoms with Crippen LogP contribution in [0.2, 0.25) is 0 Å². The van der Waals surface area contributed by atoms with Gasteiger partial charge in [0.1, 0.15) is 17.6 Å². The van der Waals surface area contributed by atoms with Crippen molar-refractivity contribution in [1.82, 2.24) is 0 Å². The van der Waals surface area contributed by atoms with E-state index in [0.717, 1.165) is 22.6 Å². The number of ether oxygens (including phenoxy) is 3. The summed E-state index contributed by atoms with van der Waals surface area (Å²) in [6.07, 6.45) is 0.132. The standard InChI is InChI=1S/C13H18O3/c1-8-10(14-4)7-6-9(11(8)15-5)12-13(2,3)16-12/h6-7,12H,1-5H3. The molecule has 1 aliphatic rings. The number of hydrogen-bond donors (Lipinski definition) is 0. The van der Waals surface area contributed by atoms with Gasteiger partial charge < -0.3 is 14.2 Å². The minimum absolute atomic E-state index is 0.0751. The molecule has 1 fully saturated rings. The van der Waals surface area contributed by atoms with Crippen LogP contribution < -0.4 is 9.47 Å².